The summed E-state index contributed by atoms with van der Waals surface area (Å²) in [5.74, 6) is 0.367. The van der Waals surface area contributed by atoms with Gasteiger partial charge in [-0.25, -0.2) is 0 Å². The summed E-state index contributed by atoms with van der Waals surface area (Å²) in [5.41, 5.74) is 1.83. The van der Waals surface area contributed by atoms with Gasteiger partial charge in [0.15, 0.2) is 11.6 Å². The molecule has 6 nitrogen and oxygen atoms in total. The first kappa shape index (κ1) is 29.5. The zero-order chi connectivity index (χ0) is 27.1. The summed E-state index contributed by atoms with van der Waals surface area (Å²) in [4.78, 5) is 30.9. The summed E-state index contributed by atoms with van der Waals surface area (Å²) in [5, 5.41) is 0. The van der Waals surface area contributed by atoms with Crippen molar-refractivity contribution in [2.75, 3.05) is 58.9 Å². The van der Waals surface area contributed by atoms with E-state index in [1.165, 1.54) is 10.5 Å². The fourth-order valence-corrected chi connectivity index (χ4v) is 5.09. The number of hydrogen-bond donors (Lipinski definition) is 0. The second-order valence-electron chi connectivity index (χ2n) is 10.6. The van der Waals surface area contributed by atoms with Crippen LogP contribution in [-0.4, -0.2) is 91.3 Å². The number of carbonyl (C=O) groups is 2. The minimum atomic E-state index is -0.468. The second kappa shape index (κ2) is 13.2. The van der Waals surface area contributed by atoms with Gasteiger partial charge < -0.3 is 9.47 Å². The summed E-state index contributed by atoms with van der Waals surface area (Å²) in [7, 11) is 0. The summed E-state index contributed by atoms with van der Waals surface area (Å²) in [6, 6.07) is 15.7. The van der Waals surface area contributed by atoms with Crippen LogP contribution in [0.3, 0.4) is 0 Å². The van der Waals surface area contributed by atoms with E-state index in [0.717, 1.165) is 37.3 Å². The molecule has 2 heterocycles. The van der Waals surface area contributed by atoms with Crippen LogP contribution in [0.5, 0.6) is 0 Å². The quantitative estimate of drug-likeness (QED) is 0.372. The molecule has 2 saturated heterocycles. The molecule has 37 heavy (non-hydrogen) atoms. The van der Waals surface area contributed by atoms with Gasteiger partial charge in [-0.3, -0.25) is 19.4 Å². The Bertz CT molecular complexity index is 1020. The Morgan fingerprint density at radius 3 is 1.38 bits per heavy atom. The third-order valence-corrected chi connectivity index (χ3v) is 8.12. The lowest BCUT2D eigenvalue weighted by molar-refractivity contribution is -0.00442. The maximum Gasteiger partial charge on any atom is 0.182 e. The summed E-state index contributed by atoms with van der Waals surface area (Å²) < 4.78 is 10.7. The van der Waals surface area contributed by atoms with Gasteiger partial charge in [-0.05, 0) is 53.0 Å². The maximum atomic E-state index is 12.7. The highest BCUT2D eigenvalue weighted by Crippen LogP contribution is 2.24. The molecule has 2 aromatic rings. The number of morpholine rings is 2. The lowest BCUT2D eigenvalue weighted by Crippen LogP contribution is -2.54. The lowest BCUT2D eigenvalue weighted by Gasteiger charge is -2.39. The first-order valence-electron chi connectivity index (χ1n) is 13.0. The minimum Gasteiger partial charge on any atom is -0.379 e. The van der Waals surface area contributed by atoms with Gasteiger partial charge >= 0.3 is 0 Å². The highest BCUT2D eigenvalue weighted by molar-refractivity contribution is 7.98. The van der Waals surface area contributed by atoms with Crippen LogP contribution < -0.4 is 0 Å². The van der Waals surface area contributed by atoms with Crippen LogP contribution in [0.25, 0.3) is 0 Å². The standard InChI is InChI=1S/C15H21NO2S.C15H21NO2/c1-15(2,16-8-10-18-11-9-16)14(17)12-4-6-13(19-3)7-5-12;1-12-4-6-13(7-5-12)14(17)15(2,3)16-8-10-18-11-9-16/h4-7H,8-11H2,1-3H3;4-7H,8-11H2,1-3H3. The van der Waals surface area contributed by atoms with Gasteiger partial charge in [-0.2, -0.15) is 0 Å². The van der Waals surface area contributed by atoms with Crippen molar-refractivity contribution >= 4 is 23.3 Å². The molecule has 0 atom stereocenters. The molecular weight excluding hydrogens is 484 g/mol. The topological polar surface area (TPSA) is 59.1 Å². The molecule has 202 valence electrons. The number of benzene rings is 2. The van der Waals surface area contributed by atoms with E-state index in [-0.39, 0.29) is 11.6 Å². The molecule has 0 aliphatic carbocycles. The van der Waals surface area contributed by atoms with E-state index < -0.39 is 11.1 Å². The fourth-order valence-electron chi connectivity index (χ4n) is 4.69. The number of ketones is 2. The molecule has 7 heteroatoms. The molecule has 0 saturated carbocycles. The zero-order valence-corrected chi connectivity index (χ0v) is 24.0. The van der Waals surface area contributed by atoms with Gasteiger partial charge in [-0.1, -0.05) is 42.0 Å². The van der Waals surface area contributed by atoms with Gasteiger partial charge in [0.05, 0.1) is 37.5 Å². The van der Waals surface area contributed by atoms with Crippen LogP contribution in [0.2, 0.25) is 0 Å². The Labute approximate surface area is 226 Å². The highest BCUT2D eigenvalue weighted by atomic mass is 32.2. The number of ether oxygens (including phenoxy) is 2. The van der Waals surface area contributed by atoms with Gasteiger partial charge in [0.25, 0.3) is 0 Å². The minimum absolute atomic E-state index is 0.182. The summed E-state index contributed by atoms with van der Waals surface area (Å²) in [6.07, 6.45) is 2.04. The average molecular weight is 527 g/mol. The van der Waals surface area contributed by atoms with Crippen LogP contribution in [0, 0.1) is 6.92 Å². The fraction of sp³-hybridized carbons (Fsp3) is 0.533. The van der Waals surface area contributed by atoms with Crippen LogP contribution in [0.4, 0.5) is 0 Å². The van der Waals surface area contributed by atoms with Crippen LogP contribution in [0.1, 0.15) is 54.0 Å². The number of carbonyl (C=O) groups excluding carboxylic acids is 2. The number of thioether (sulfide) groups is 1. The molecule has 0 aromatic heterocycles. The van der Waals surface area contributed by atoms with Gasteiger partial charge in [0.2, 0.25) is 0 Å². The molecule has 0 unspecified atom stereocenters. The van der Waals surface area contributed by atoms with E-state index in [1.807, 2.05) is 89.4 Å². The van der Waals surface area contributed by atoms with Crippen molar-refractivity contribution in [3.8, 4) is 0 Å². The van der Waals surface area contributed by atoms with Crippen molar-refractivity contribution in [3.63, 3.8) is 0 Å². The van der Waals surface area contributed by atoms with Crippen molar-refractivity contribution in [2.24, 2.45) is 0 Å². The van der Waals surface area contributed by atoms with Gasteiger partial charge in [-0.15, -0.1) is 11.8 Å². The third-order valence-electron chi connectivity index (χ3n) is 7.38. The summed E-state index contributed by atoms with van der Waals surface area (Å²) in [6.45, 7) is 16.2. The monoisotopic (exact) mass is 526 g/mol. The Morgan fingerprint density at radius 2 is 1.03 bits per heavy atom. The summed E-state index contributed by atoms with van der Waals surface area (Å²) >= 11 is 1.69. The Kier molecular flexibility index (Phi) is 10.5. The average Bonchev–Trinajstić information content (AvgIpc) is 2.94. The van der Waals surface area contributed by atoms with Crippen molar-refractivity contribution in [2.45, 2.75) is 50.6 Å². The van der Waals surface area contributed by atoms with Gasteiger partial charge in [0.1, 0.15) is 0 Å². The van der Waals surface area contributed by atoms with E-state index in [9.17, 15) is 9.59 Å². The van der Waals surface area contributed by atoms with Crippen LogP contribution >= 0.6 is 11.8 Å². The van der Waals surface area contributed by atoms with Crippen LogP contribution in [-0.2, 0) is 9.47 Å². The molecular formula is C30H42N2O4S. The SMILES string of the molecule is CSc1ccc(C(=O)C(C)(C)N2CCOCC2)cc1.Cc1ccc(C(=O)C(C)(C)N2CCOCC2)cc1. The van der Waals surface area contributed by atoms with Crippen molar-refractivity contribution < 1.29 is 19.1 Å². The molecule has 0 spiro atoms. The lowest BCUT2D eigenvalue weighted by atomic mass is 9.90. The van der Waals surface area contributed by atoms with E-state index in [2.05, 4.69) is 9.80 Å². The number of rotatable bonds is 7. The Morgan fingerprint density at radius 1 is 0.676 bits per heavy atom. The van der Waals surface area contributed by atoms with E-state index in [4.69, 9.17) is 9.47 Å². The van der Waals surface area contributed by atoms with Gasteiger partial charge in [0, 0.05) is 42.2 Å². The zero-order valence-electron chi connectivity index (χ0n) is 23.2. The number of nitrogens with zero attached hydrogens (tertiary/aromatic N) is 2. The smallest absolute Gasteiger partial charge is 0.182 e. The first-order chi connectivity index (χ1) is 17.6. The predicted octanol–water partition coefficient (Wildman–Crippen LogP) is 4.99. The Hall–Kier alpha value is -2.03. The largest absolute Gasteiger partial charge is 0.379 e. The van der Waals surface area contributed by atoms with Crippen molar-refractivity contribution in [3.05, 3.63) is 65.2 Å². The third kappa shape index (κ3) is 7.52. The van der Waals surface area contributed by atoms with Crippen molar-refractivity contribution in [1.82, 2.24) is 9.80 Å². The van der Waals surface area contributed by atoms with Crippen molar-refractivity contribution in [1.29, 1.82) is 0 Å². The molecule has 2 aliphatic heterocycles. The molecule has 4 rings (SSSR count). The van der Waals surface area contributed by atoms with E-state index in [0.29, 0.717) is 26.4 Å². The number of hydrogen-bond acceptors (Lipinski definition) is 7. The predicted molar refractivity (Wildman–Crippen MR) is 151 cm³/mol. The number of Topliss-reactive ketones (excluding diaryl/α,β-unsaturated/α-hetero) is 2. The Balaban J connectivity index is 0.000000206. The molecule has 0 amide bonds. The maximum absolute atomic E-state index is 12.7. The molecule has 0 bridgehead atoms. The van der Waals surface area contributed by atoms with Crippen LogP contribution in [0.15, 0.2) is 53.4 Å². The first-order valence-corrected chi connectivity index (χ1v) is 14.3. The molecule has 2 aliphatic rings. The second-order valence-corrected chi connectivity index (χ2v) is 11.4. The highest BCUT2D eigenvalue weighted by Gasteiger charge is 2.36. The van der Waals surface area contributed by atoms with E-state index >= 15 is 0 Å². The normalized spacial score (nSPS) is 17.6. The molecule has 0 radical (unpaired) electrons. The molecule has 2 fully saturated rings. The number of aryl methyl sites for hydroxylation is 1. The molecule has 0 N–H and O–H groups in total. The molecule has 2 aromatic carbocycles. The van der Waals surface area contributed by atoms with E-state index in [1.54, 1.807) is 11.8 Å².